The van der Waals surface area contributed by atoms with Crippen molar-refractivity contribution in [3.63, 3.8) is 0 Å². The Morgan fingerprint density at radius 3 is 2.19 bits per heavy atom. The lowest BCUT2D eigenvalue weighted by molar-refractivity contribution is -0.115. The summed E-state index contributed by atoms with van der Waals surface area (Å²) in [6, 6.07) is 21.8. The second-order valence-electron chi connectivity index (χ2n) is 6.16. The molecule has 0 fully saturated rings. The summed E-state index contributed by atoms with van der Waals surface area (Å²) in [7, 11) is 0. The minimum Gasteiger partial charge on any atom is -0.274 e. The van der Waals surface area contributed by atoms with Crippen LogP contribution in [-0.2, 0) is 4.79 Å². The Balaban J connectivity index is 2.08. The van der Waals surface area contributed by atoms with E-state index < -0.39 is 0 Å². The van der Waals surface area contributed by atoms with Gasteiger partial charge >= 0.3 is 0 Å². The van der Waals surface area contributed by atoms with Crippen LogP contribution in [0.4, 0.5) is 11.5 Å². The fourth-order valence-corrected chi connectivity index (χ4v) is 3.00. The SMILES string of the molecule is CC(=O)N(c1ccc(-c2ccccc2)cc1)c1nc(C)cc(C)c1C#N. The van der Waals surface area contributed by atoms with Crippen LogP contribution in [0, 0.1) is 25.2 Å². The van der Waals surface area contributed by atoms with Crippen LogP contribution in [0.3, 0.4) is 0 Å². The Bertz CT molecular complexity index is 986. The first kappa shape index (κ1) is 17.4. The molecule has 0 atom stereocenters. The molecule has 128 valence electrons. The highest BCUT2D eigenvalue weighted by Gasteiger charge is 2.21. The molecule has 0 saturated heterocycles. The molecule has 4 nitrogen and oxygen atoms in total. The van der Waals surface area contributed by atoms with Crippen molar-refractivity contribution in [3.05, 3.63) is 77.5 Å². The first-order valence-electron chi connectivity index (χ1n) is 8.36. The number of nitriles is 1. The number of hydrogen-bond acceptors (Lipinski definition) is 3. The largest absolute Gasteiger partial charge is 0.274 e. The molecule has 0 aliphatic carbocycles. The van der Waals surface area contributed by atoms with Crippen molar-refractivity contribution in [1.29, 1.82) is 5.26 Å². The van der Waals surface area contributed by atoms with Crippen LogP contribution >= 0.6 is 0 Å². The molecular weight excluding hydrogens is 322 g/mol. The van der Waals surface area contributed by atoms with Gasteiger partial charge in [0.25, 0.3) is 0 Å². The highest BCUT2D eigenvalue weighted by molar-refractivity contribution is 5.99. The third-order valence-electron chi connectivity index (χ3n) is 4.20. The van der Waals surface area contributed by atoms with Gasteiger partial charge < -0.3 is 0 Å². The van der Waals surface area contributed by atoms with E-state index in [0.29, 0.717) is 17.1 Å². The van der Waals surface area contributed by atoms with Gasteiger partial charge in [-0.1, -0.05) is 42.5 Å². The number of pyridine rings is 1. The molecule has 1 aromatic heterocycles. The van der Waals surface area contributed by atoms with E-state index in [2.05, 4.69) is 11.1 Å². The minimum atomic E-state index is -0.188. The number of anilines is 2. The van der Waals surface area contributed by atoms with Crippen molar-refractivity contribution in [2.45, 2.75) is 20.8 Å². The number of carbonyl (C=O) groups is 1. The van der Waals surface area contributed by atoms with E-state index in [9.17, 15) is 10.1 Å². The number of aryl methyl sites for hydroxylation is 2. The van der Waals surface area contributed by atoms with Crippen LogP contribution in [-0.4, -0.2) is 10.9 Å². The smallest absolute Gasteiger partial charge is 0.229 e. The number of rotatable bonds is 3. The number of amides is 1. The number of nitrogens with zero attached hydrogens (tertiary/aromatic N) is 3. The fraction of sp³-hybridized carbons (Fsp3) is 0.136. The molecule has 0 unspecified atom stereocenters. The summed E-state index contributed by atoms with van der Waals surface area (Å²) in [6.45, 7) is 5.19. The molecule has 3 aromatic rings. The first-order chi connectivity index (χ1) is 12.5. The summed E-state index contributed by atoms with van der Waals surface area (Å²) >= 11 is 0. The average Bonchev–Trinajstić information content (AvgIpc) is 2.63. The summed E-state index contributed by atoms with van der Waals surface area (Å²) in [5.41, 5.74) is 4.84. The maximum atomic E-state index is 12.4. The zero-order chi connectivity index (χ0) is 18.7. The lowest BCUT2D eigenvalue weighted by Gasteiger charge is -2.22. The number of benzene rings is 2. The Labute approximate surface area is 153 Å². The van der Waals surface area contributed by atoms with Crippen molar-refractivity contribution in [2.24, 2.45) is 0 Å². The van der Waals surface area contributed by atoms with Crippen molar-refractivity contribution >= 4 is 17.4 Å². The van der Waals surface area contributed by atoms with Crippen molar-refractivity contribution < 1.29 is 4.79 Å². The summed E-state index contributed by atoms with van der Waals surface area (Å²) in [5.74, 6) is 0.191. The van der Waals surface area contributed by atoms with Crippen molar-refractivity contribution in [3.8, 4) is 17.2 Å². The topological polar surface area (TPSA) is 57.0 Å². The lowest BCUT2D eigenvalue weighted by atomic mass is 10.0. The van der Waals surface area contributed by atoms with Gasteiger partial charge in [-0.2, -0.15) is 5.26 Å². The molecule has 0 aliphatic rings. The standard InChI is InChI=1S/C22H19N3O/c1-15-13-16(2)24-22(21(15)14-23)25(17(3)26)20-11-9-19(10-12-20)18-7-5-4-6-8-18/h4-13H,1-3H3. The van der Waals surface area contributed by atoms with Gasteiger partial charge in [0.15, 0.2) is 5.82 Å². The lowest BCUT2D eigenvalue weighted by Crippen LogP contribution is -2.25. The molecule has 1 amide bonds. The summed E-state index contributed by atoms with van der Waals surface area (Å²) in [5, 5.41) is 9.53. The zero-order valence-corrected chi connectivity index (χ0v) is 15.0. The summed E-state index contributed by atoms with van der Waals surface area (Å²) < 4.78 is 0. The second kappa shape index (κ2) is 7.20. The second-order valence-corrected chi connectivity index (χ2v) is 6.16. The normalized spacial score (nSPS) is 10.2. The van der Waals surface area contributed by atoms with E-state index in [4.69, 9.17) is 0 Å². The maximum Gasteiger partial charge on any atom is 0.229 e. The van der Waals surface area contributed by atoms with Gasteiger partial charge in [-0.05, 0) is 48.7 Å². The molecular formula is C22H19N3O. The van der Waals surface area contributed by atoms with E-state index in [1.807, 2.05) is 74.5 Å². The first-order valence-corrected chi connectivity index (χ1v) is 8.36. The van der Waals surface area contributed by atoms with Crippen molar-refractivity contribution in [2.75, 3.05) is 4.90 Å². The molecule has 1 heterocycles. The van der Waals surface area contributed by atoms with Gasteiger partial charge in [0.2, 0.25) is 5.91 Å². The van der Waals surface area contributed by atoms with E-state index in [1.165, 1.54) is 11.8 Å². The van der Waals surface area contributed by atoms with Crippen molar-refractivity contribution in [1.82, 2.24) is 4.98 Å². The Morgan fingerprint density at radius 1 is 1.00 bits per heavy atom. The van der Waals surface area contributed by atoms with Gasteiger partial charge in [-0.25, -0.2) is 4.98 Å². The third-order valence-corrected chi connectivity index (χ3v) is 4.20. The van der Waals surface area contributed by atoms with Crippen LogP contribution < -0.4 is 4.90 Å². The Morgan fingerprint density at radius 2 is 1.62 bits per heavy atom. The highest BCUT2D eigenvalue weighted by Crippen LogP contribution is 2.31. The van der Waals surface area contributed by atoms with E-state index in [-0.39, 0.29) is 5.91 Å². The molecule has 0 bridgehead atoms. The molecule has 2 aromatic carbocycles. The van der Waals surface area contributed by atoms with Gasteiger partial charge in [-0.3, -0.25) is 9.69 Å². The molecule has 0 N–H and O–H groups in total. The molecule has 0 saturated carbocycles. The number of hydrogen-bond donors (Lipinski definition) is 0. The minimum absolute atomic E-state index is 0.188. The highest BCUT2D eigenvalue weighted by atomic mass is 16.2. The predicted octanol–water partition coefficient (Wildman–Crippen LogP) is 4.92. The zero-order valence-electron chi connectivity index (χ0n) is 15.0. The monoisotopic (exact) mass is 341 g/mol. The van der Waals surface area contributed by atoms with E-state index in [1.54, 1.807) is 0 Å². The van der Waals surface area contributed by atoms with Crippen LogP contribution in [0.1, 0.15) is 23.7 Å². The van der Waals surface area contributed by atoms with Gasteiger partial charge in [0.1, 0.15) is 6.07 Å². The fourth-order valence-electron chi connectivity index (χ4n) is 3.00. The van der Waals surface area contributed by atoms with E-state index >= 15 is 0 Å². The summed E-state index contributed by atoms with van der Waals surface area (Å²) in [4.78, 5) is 18.3. The van der Waals surface area contributed by atoms with Gasteiger partial charge in [-0.15, -0.1) is 0 Å². The third kappa shape index (κ3) is 3.33. The van der Waals surface area contributed by atoms with Gasteiger partial charge in [0, 0.05) is 12.6 Å². The van der Waals surface area contributed by atoms with Crippen LogP contribution in [0.5, 0.6) is 0 Å². The number of aromatic nitrogens is 1. The van der Waals surface area contributed by atoms with Crippen LogP contribution in [0.15, 0.2) is 60.7 Å². The Hall–Kier alpha value is -3.45. The van der Waals surface area contributed by atoms with Crippen LogP contribution in [0.2, 0.25) is 0 Å². The molecule has 3 rings (SSSR count). The molecule has 0 spiro atoms. The Kier molecular flexibility index (Phi) is 4.81. The molecule has 0 aliphatic heterocycles. The molecule has 0 radical (unpaired) electrons. The maximum absolute atomic E-state index is 12.4. The molecule has 26 heavy (non-hydrogen) atoms. The van der Waals surface area contributed by atoms with Crippen LogP contribution in [0.25, 0.3) is 11.1 Å². The summed E-state index contributed by atoms with van der Waals surface area (Å²) in [6.07, 6.45) is 0. The predicted molar refractivity (Wildman–Crippen MR) is 103 cm³/mol. The molecule has 4 heteroatoms. The van der Waals surface area contributed by atoms with Gasteiger partial charge in [0.05, 0.1) is 11.3 Å². The quantitative estimate of drug-likeness (QED) is 0.679. The number of carbonyl (C=O) groups excluding carboxylic acids is 1. The van der Waals surface area contributed by atoms with E-state index in [0.717, 1.165) is 22.4 Å². The average molecular weight is 341 g/mol.